The van der Waals surface area contributed by atoms with Gasteiger partial charge in [0, 0.05) is 104 Å². The fraction of sp³-hybridized carbons (Fsp3) is 0.333. The Morgan fingerprint density at radius 3 is 2.29 bits per heavy atom. The molecule has 13 heteroatoms. The number of aromatic nitrogens is 1. The molecule has 270 valence electrons. The van der Waals surface area contributed by atoms with Crippen LogP contribution in [0.2, 0.25) is 10.0 Å². The van der Waals surface area contributed by atoms with Gasteiger partial charge < -0.3 is 30.9 Å². The number of halogens is 3. The third-order valence-corrected chi connectivity index (χ3v) is 10.7. The van der Waals surface area contributed by atoms with Gasteiger partial charge in [-0.3, -0.25) is 19.4 Å². The summed E-state index contributed by atoms with van der Waals surface area (Å²) in [5.41, 5.74) is 5.73. The van der Waals surface area contributed by atoms with Crippen molar-refractivity contribution in [3.8, 4) is 39.3 Å². The number of pyridine rings is 1. The number of rotatable bonds is 13. The summed E-state index contributed by atoms with van der Waals surface area (Å²) in [6.45, 7) is 3.09. The SMILES string of the molecule is COc1cc(-c2cccc(-c3ccnc(-c4ccc5c(c4)CN(CCNC[C@H]4CCC(=O)N4)C5=O)c3Cl)c2Cl)cc(F)c1CNC[C@@H]1CCC(=O)N1. The summed E-state index contributed by atoms with van der Waals surface area (Å²) in [6, 6.07) is 16.3. The molecule has 2 fully saturated rings. The Morgan fingerprint density at radius 2 is 1.58 bits per heavy atom. The zero-order valence-corrected chi connectivity index (χ0v) is 30.2. The molecule has 0 bridgehead atoms. The summed E-state index contributed by atoms with van der Waals surface area (Å²) in [5, 5.41) is 13.2. The lowest BCUT2D eigenvalue weighted by Gasteiger charge is -2.17. The lowest BCUT2D eigenvalue weighted by Crippen LogP contribution is -2.39. The van der Waals surface area contributed by atoms with Crippen LogP contribution in [0.3, 0.4) is 0 Å². The Morgan fingerprint density at radius 1 is 0.865 bits per heavy atom. The molecule has 4 heterocycles. The van der Waals surface area contributed by atoms with Crippen LogP contribution in [0.25, 0.3) is 33.5 Å². The summed E-state index contributed by atoms with van der Waals surface area (Å²) in [4.78, 5) is 42.5. The first-order chi connectivity index (χ1) is 25.2. The molecule has 10 nitrogen and oxygen atoms in total. The fourth-order valence-electron chi connectivity index (χ4n) is 7.17. The molecule has 3 aliphatic heterocycles. The third-order valence-electron chi connectivity index (χ3n) is 9.93. The van der Waals surface area contributed by atoms with Crippen molar-refractivity contribution >= 4 is 40.9 Å². The van der Waals surface area contributed by atoms with Crippen molar-refractivity contribution in [2.75, 3.05) is 33.3 Å². The van der Waals surface area contributed by atoms with E-state index in [1.54, 1.807) is 18.3 Å². The molecule has 52 heavy (non-hydrogen) atoms. The van der Waals surface area contributed by atoms with Crippen molar-refractivity contribution in [2.24, 2.45) is 0 Å². The Hall–Kier alpha value is -4.55. The van der Waals surface area contributed by atoms with E-state index >= 15 is 4.39 Å². The predicted molar refractivity (Wildman–Crippen MR) is 199 cm³/mol. The van der Waals surface area contributed by atoms with Gasteiger partial charge in [-0.1, -0.05) is 47.5 Å². The van der Waals surface area contributed by atoms with Gasteiger partial charge in [0.15, 0.2) is 0 Å². The van der Waals surface area contributed by atoms with E-state index in [4.69, 9.17) is 27.9 Å². The van der Waals surface area contributed by atoms with Crippen LogP contribution >= 0.6 is 23.2 Å². The zero-order chi connectivity index (χ0) is 36.4. The van der Waals surface area contributed by atoms with E-state index in [0.717, 1.165) is 24.0 Å². The van der Waals surface area contributed by atoms with Gasteiger partial charge in [-0.25, -0.2) is 4.39 Å². The number of ether oxygens (including phenoxy) is 1. The van der Waals surface area contributed by atoms with E-state index in [2.05, 4.69) is 26.3 Å². The van der Waals surface area contributed by atoms with E-state index in [0.29, 0.717) is 100 Å². The minimum atomic E-state index is -0.438. The second kappa shape index (κ2) is 15.6. The number of fused-ring (bicyclic) bond motifs is 1. The monoisotopic (exact) mass is 744 g/mol. The van der Waals surface area contributed by atoms with Gasteiger partial charge in [0.1, 0.15) is 11.6 Å². The van der Waals surface area contributed by atoms with Crippen molar-refractivity contribution in [3.05, 3.63) is 93.3 Å². The number of carbonyl (C=O) groups excluding carboxylic acids is 3. The molecule has 0 saturated carbocycles. The maximum absolute atomic E-state index is 15.6. The Labute approximate surface area is 311 Å². The van der Waals surface area contributed by atoms with Gasteiger partial charge >= 0.3 is 0 Å². The summed E-state index contributed by atoms with van der Waals surface area (Å²) in [5.74, 6) is 0.0394. The van der Waals surface area contributed by atoms with Crippen LogP contribution in [0.1, 0.15) is 47.2 Å². The standard InChI is InChI=1S/C39H39Cl2FN6O4/c1-52-33-17-23(16-32(42)31(33)20-44-19-26-7-10-35(50)47-26)27-3-2-4-29(36(27)40)30-11-12-45-38(37(30)41)22-5-8-28-24(15-22)21-48(39(28)51)14-13-43-18-25-6-9-34(49)46-25/h2-5,8,11-12,15-17,25-26,43-44H,6-7,9-10,13-14,18-21H2,1H3,(H,46,49)(H,47,50)/t25-,26+/m1/s1. The number of nitrogens with one attached hydrogen (secondary N) is 4. The quantitative estimate of drug-likeness (QED) is 0.129. The molecule has 2 saturated heterocycles. The first-order valence-electron chi connectivity index (χ1n) is 17.4. The van der Waals surface area contributed by atoms with Crippen LogP contribution in [0, 0.1) is 5.82 Å². The highest BCUT2D eigenvalue weighted by atomic mass is 35.5. The lowest BCUT2D eigenvalue weighted by molar-refractivity contribution is -0.120. The second-order valence-corrected chi connectivity index (χ2v) is 14.1. The minimum absolute atomic E-state index is 0.0228. The van der Waals surface area contributed by atoms with E-state index in [1.807, 2.05) is 41.3 Å². The van der Waals surface area contributed by atoms with Gasteiger partial charge in [-0.15, -0.1) is 0 Å². The van der Waals surface area contributed by atoms with Crippen molar-refractivity contribution < 1.29 is 23.5 Å². The van der Waals surface area contributed by atoms with Gasteiger partial charge in [-0.2, -0.15) is 0 Å². The first-order valence-corrected chi connectivity index (χ1v) is 18.2. The topological polar surface area (TPSA) is 125 Å². The average Bonchev–Trinajstić information content (AvgIpc) is 3.84. The van der Waals surface area contributed by atoms with Gasteiger partial charge in [0.25, 0.3) is 5.91 Å². The smallest absolute Gasteiger partial charge is 0.254 e. The van der Waals surface area contributed by atoms with E-state index < -0.39 is 5.82 Å². The molecule has 2 atom stereocenters. The van der Waals surface area contributed by atoms with Crippen LogP contribution in [-0.4, -0.2) is 73.0 Å². The summed E-state index contributed by atoms with van der Waals surface area (Å²) in [7, 11) is 1.50. The molecule has 0 aliphatic carbocycles. The molecule has 0 radical (unpaired) electrons. The summed E-state index contributed by atoms with van der Waals surface area (Å²) in [6.07, 6.45) is 4.31. The van der Waals surface area contributed by atoms with Crippen LogP contribution in [0.5, 0.6) is 5.75 Å². The average molecular weight is 746 g/mol. The molecule has 0 unspecified atom stereocenters. The Kier molecular flexibility index (Phi) is 10.7. The molecule has 7 rings (SSSR count). The van der Waals surface area contributed by atoms with Crippen molar-refractivity contribution in [1.82, 2.24) is 31.2 Å². The molecule has 1 aromatic heterocycles. The number of carbonyl (C=O) groups is 3. The minimum Gasteiger partial charge on any atom is -0.496 e. The van der Waals surface area contributed by atoms with Crippen molar-refractivity contribution in [1.29, 1.82) is 0 Å². The first kappa shape index (κ1) is 35.8. The van der Waals surface area contributed by atoms with Crippen LogP contribution in [0.4, 0.5) is 4.39 Å². The molecule has 4 N–H and O–H groups in total. The number of benzene rings is 3. The lowest BCUT2D eigenvalue weighted by atomic mass is 9.96. The third kappa shape index (κ3) is 7.50. The largest absolute Gasteiger partial charge is 0.496 e. The molecule has 4 aromatic rings. The molecule has 0 spiro atoms. The van der Waals surface area contributed by atoms with Crippen LogP contribution in [-0.2, 0) is 22.7 Å². The maximum Gasteiger partial charge on any atom is 0.254 e. The van der Waals surface area contributed by atoms with Crippen molar-refractivity contribution in [2.45, 2.75) is 50.9 Å². The number of methoxy groups -OCH3 is 1. The number of amides is 3. The molecular formula is C39H39Cl2FN6O4. The molecule has 3 amide bonds. The van der Waals surface area contributed by atoms with Crippen molar-refractivity contribution in [3.63, 3.8) is 0 Å². The highest BCUT2D eigenvalue weighted by Gasteiger charge is 2.28. The molecule has 3 aromatic carbocycles. The molecule has 3 aliphatic rings. The fourth-order valence-corrected chi connectivity index (χ4v) is 7.83. The highest BCUT2D eigenvalue weighted by molar-refractivity contribution is 6.39. The summed E-state index contributed by atoms with van der Waals surface area (Å²) >= 11 is 14.1. The highest BCUT2D eigenvalue weighted by Crippen LogP contribution is 2.43. The summed E-state index contributed by atoms with van der Waals surface area (Å²) < 4.78 is 21.2. The zero-order valence-electron chi connectivity index (χ0n) is 28.7. The second-order valence-electron chi connectivity index (χ2n) is 13.4. The van der Waals surface area contributed by atoms with Gasteiger partial charge in [-0.05, 0) is 54.3 Å². The Balaban J connectivity index is 1.07. The van der Waals surface area contributed by atoms with Gasteiger partial charge in [0.2, 0.25) is 11.8 Å². The van der Waals surface area contributed by atoms with Gasteiger partial charge in [0.05, 0.1) is 22.8 Å². The van der Waals surface area contributed by atoms with E-state index in [1.165, 1.54) is 13.2 Å². The Bertz CT molecular complexity index is 2040. The van der Waals surface area contributed by atoms with E-state index in [-0.39, 0.29) is 36.3 Å². The number of hydrogen-bond donors (Lipinski definition) is 4. The molecular weight excluding hydrogens is 706 g/mol. The normalized spacial score (nSPS) is 18.2. The number of nitrogens with zero attached hydrogens (tertiary/aromatic N) is 2. The van der Waals surface area contributed by atoms with E-state index in [9.17, 15) is 14.4 Å². The van der Waals surface area contributed by atoms with Crippen LogP contribution in [0.15, 0.2) is 60.8 Å². The maximum atomic E-state index is 15.6. The predicted octanol–water partition coefficient (Wildman–Crippen LogP) is 5.73. The van der Waals surface area contributed by atoms with Crippen LogP contribution < -0.4 is 26.0 Å². The number of hydrogen-bond acceptors (Lipinski definition) is 7.